The van der Waals surface area contributed by atoms with Crippen LogP contribution in [0.4, 0.5) is 0 Å². The molecule has 0 bridgehead atoms. The van der Waals surface area contributed by atoms with Gasteiger partial charge in [0, 0.05) is 50.9 Å². The monoisotopic (exact) mass is 389 g/mol. The van der Waals surface area contributed by atoms with Crippen LogP contribution in [0.15, 0.2) is 6.20 Å². The molecular weight excluding hydrogens is 361 g/mol. The molecule has 2 fully saturated rings. The second-order valence-corrected chi connectivity index (χ2v) is 6.86. The van der Waals surface area contributed by atoms with Crippen LogP contribution in [0.1, 0.15) is 48.1 Å². The first-order valence-electron chi connectivity index (χ1n) is 8.64. The minimum atomic E-state index is 0. The number of amides is 1. The Kier molecular flexibility index (Phi) is 8.54. The number of carbonyl (C=O) groups excluding carboxylic acids is 1. The molecule has 0 aromatic carbocycles. The van der Waals surface area contributed by atoms with E-state index in [0.717, 1.165) is 50.8 Å². The maximum Gasteiger partial charge on any atom is 0.257 e. The van der Waals surface area contributed by atoms with Crippen molar-refractivity contribution in [1.82, 2.24) is 25.1 Å². The predicted molar refractivity (Wildman–Crippen MR) is 104 cm³/mol. The third-order valence-electron chi connectivity index (χ3n) is 4.90. The molecule has 3 rings (SSSR count). The van der Waals surface area contributed by atoms with E-state index in [0.29, 0.717) is 11.6 Å². The highest BCUT2D eigenvalue weighted by Crippen LogP contribution is 2.16. The lowest BCUT2D eigenvalue weighted by atomic mass is 10.1. The van der Waals surface area contributed by atoms with Crippen LogP contribution < -0.4 is 5.32 Å². The highest BCUT2D eigenvalue weighted by atomic mass is 35.5. The molecule has 1 amide bonds. The van der Waals surface area contributed by atoms with E-state index in [9.17, 15) is 4.79 Å². The Morgan fingerprint density at radius 3 is 2.44 bits per heavy atom. The van der Waals surface area contributed by atoms with Gasteiger partial charge in [-0.05, 0) is 19.9 Å². The smallest absolute Gasteiger partial charge is 0.257 e. The molecule has 1 unspecified atom stereocenters. The minimum absolute atomic E-state index is 0. The lowest BCUT2D eigenvalue weighted by Gasteiger charge is -2.37. The van der Waals surface area contributed by atoms with Gasteiger partial charge < -0.3 is 10.2 Å². The molecule has 1 aromatic heterocycles. The van der Waals surface area contributed by atoms with E-state index in [2.05, 4.69) is 34.0 Å². The Labute approximate surface area is 162 Å². The first-order valence-corrected chi connectivity index (χ1v) is 8.64. The largest absolute Gasteiger partial charge is 0.336 e. The number of hydrogen-bond donors (Lipinski definition) is 1. The van der Waals surface area contributed by atoms with Gasteiger partial charge in [0.1, 0.15) is 5.82 Å². The van der Waals surface area contributed by atoms with Crippen molar-refractivity contribution in [3.8, 4) is 0 Å². The first-order chi connectivity index (χ1) is 11.1. The van der Waals surface area contributed by atoms with E-state index < -0.39 is 0 Å². The maximum atomic E-state index is 12.7. The van der Waals surface area contributed by atoms with Crippen molar-refractivity contribution in [2.24, 2.45) is 0 Å². The molecule has 0 aliphatic carbocycles. The Balaban J connectivity index is 0.00000156. The van der Waals surface area contributed by atoms with E-state index in [-0.39, 0.29) is 36.6 Å². The molecule has 142 valence electrons. The average molecular weight is 390 g/mol. The van der Waals surface area contributed by atoms with Crippen molar-refractivity contribution in [2.75, 3.05) is 39.3 Å². The summed E-state index contributed by atoms with van der Waals surface area (Å²) >= 11 is 0. The number of halogens is 2. The van der Waals surface area contributed by atoms with Gasteiger partial charge in [-0.2, -0.15) is 0 Å². The highest BCUT2D eigenvalue weighted by molar-refractivity contribution is 5.95. The minimum Gasteiger partial charge on any atom is -0.336 e. The van der Waals surface area contributed by atoms with Gasteiger partial charge in [-0.25, -0.2) is 9.97 Å². The summed E-state index contributed by atoms with van der Waals surface area (Å²) in [6.07, 6.45) is 2.92. The zero-order chi connectivity index (χ0) is 16.4. The van der Waals surface area contributed by atoms with Crippen LogP contribution in [0.25, 0.3) is 0 Å². The van der Waals surface area contributed by atoms with Crippen LogP contribution in [0.2, 0.25) is 0 Å². The van der Waals surface area contributed by atoms with Gasteiger partial charge in [0.15, 0.2) is 0 Å². The summed E-state index contributed by atoms with van der Waals surface area (Å²) in [6.45, 7) is 11.7. The first kappa shape index (κ1) is 22.1. The molecule has 3 heterocycles. The van der Waals surface area contributed by atoms with Gasteiger partial charge in [-0.15, -0.1) is 24.8 Å². The van der Waals surface area contributed by atoms with Gasteiger partial charge in [-0.3, -0.25) is 9.69 Å². The van der Waals surface area contributed by atoms with Crippen molar-refractivity contribution in [3.63, 3.8) is 0 Å². The van der Waals surface area contributed by atoms with Crippen LogP contribution >= 0.6 is 24.8 Å². The topological polar surface area (TPSA) is 61.4 Å². The lowest BCUT2D eigenvalue weighted by Crippen LogP contribution is -2.52. The summed E-state index contributed by atoms with van der Waals surface area (Å²) in [6, 6.07) is 0.641. The fraction of sp³-hybridized carbons (Fsp3) is 0.706. The zero-order valence-corrected chi connectivity index (χ0v) is 16.8. The molecule has 1 N–H and O–H groups in total. The summed E-state index contributed by atoms with van der Waals surface area (Å²) in [5.41, 5.74) is 1.43. The fourth-order valence-corrected chi connectivity index (χ4v) is 3.38. The SMILES string of the molecule is Cc1nc(C(C)C)ncc1C(=O)N1CCN(C2CCNC2)CC1.Cl.Cl. The van der Waals surface area contributed by atoms with E-state index in [1.54, 1.807) is 6.20 Å². The number of nitrogens with one attached hydrogen (secondary N) is 1. The molecule has 2 aliphatic heterocycles. The summed E-state index contributed by atoms with van der Waals surface area (Å²) in [5, 5.41) is 3.41. The lowest BCUT2D eigenvalue weighted by molar-refractivity contribution is 0.0582. The number of aromatic nitrogens is 2. The van der Waals surface area contributed by atoms with Gasteiger partial charge >= 0.3 is 0 Å². The Bertz CT molecular complexity index is 570. The second kappa shape index (κ2) is 9.67. The molecule has 6 nitrogen and oxygen atoms in total. The molecule has 1 aromatic rings. The molecule has 0 spiro atoms. The Morgan fingerprint density at radius 1 is 1.24 bits per heavy atom. The Hall–Kier alpha value is -0.950. The van der Waals surface area contributed by atoms with Crippen molar-refractivity contribution in [3.05, 3.63) is 23.3 Å². The third kappa shape index (κ3) is 5.03. The van der Waals surface area contributed by atoms with Crippen LogP contribution in [-0.2, 0) is 0 Å². The normalized spacial score (nSPS) is 21.0. The average Bonchev–Trinajstić information content (AvgIpc) is 3.08. The van der Waals surface area contributed by atoms with Gasteiger partial charge in [0.05, 0.1) is 11.3 Å². The van der Waals surface area contributed by atoms with Crippen LogP contribution in [0, 0.1) is 6.92 Å². The molecule has 8 heteroatoms. The molecule has 0 radical (unpaired) electrons. The number of rotatable bonds is 3. The summed E-state index contributed by atoms with van der Waals surface area (Å²) in [7, 11) is 0. The molecular formula is C17H29Cl2N5O. The summed E-state index contributed by atoms with van der Waals surface area (Å²) in [4.78, 5) is 26.0. The van der Waals surface area contributed by atoms with E-state index in [4.69, 9.17) is 0 Å². The number of carbonyl (C=O) groups is 1. The summed E-state index contributed by atoms with van der Waals surface area (Å²) < 4.78 is 0. The highest BCUT2D eigenvalue weighted by Gasteiger charge is 2.29. The second-order valence-electron chi connectivity index (χ2n) is 6.86. The molecule has 25 heavy (non-hydrogen) atoms. The van der Waals surface area contributed by atoms with Crippen molar-refractivity contribution < 1.29 is 4.79 Å². The van der Waals surface area contributed by atoms with Gasteiger partial charge in [-0.1, -0.05) is 13.8 Å². The van der Waals surface area contributed by atoms with Crippen molar-refractivity contribution in [1.29, 1.82) is 0 Å². The molecule has 0 saturated carbocycles. The van der Waals surface area contributed by atoms with Crippen molar-refractivity contribution in [2.45, 2.75) is 39.2 Å². The van der Waals surface area contributed by atoms with Gasteiger partial charge in [0.2, 0.25) is 0 Å². The number of aryl methyl sites for hydroxylation is 1. The quantitative estimate of drug-likeness (QED) is 0.854. The third-order valence-corrected chi connectivity index (χ3v) is 4.90. The fourth-order valence-electron chi connectivity index (χ4n) is 3.38. The number of hydrogen-bond acceptors (Lipinski definition) is 5. The van der Waals surface area contributed by atoms with Crippen LogP contribution in [0.3, 0.4) is 0 Å². The zero-order valence-electron chi connectivity index (χ0n) is 15.2. The standard InChI is InChI=1S/C17H27N5O.2ClH/c1-12(2)16-19-11-15(13(3)20-16)17(23)22-8-6-21(7-9-22)14-4-5-18-10-14;;/h11-12,14,18H,4-10H2,1-3H3;2*1H. The molecule has 2 aliphatic rings. The van der Waals surface area contributed by atoms with E-state index in [1.165, 1.54) is 6.42 Å². The molecule has 2 saturated heterocycles. The number of piperazine rings is 1. The van der Waals surface area contributed by atoms with Crippen LogP contribution in [0.5, 0.6) is 0 Å². The molecule has 1 atom stereocenters. The van der Waals surface area contributed by atoms with E-state index >= 15 is 0 Å². The Morgan fingerprint density at radius 2 is 1.92 bits per heavy atom. The number of nitrogens with zero attached hydrogens (tertiary/aromatic N) is 4. The van der Waals surface area contributed by atoms with Gasteiger partial charge in [0.25, 0.3) is 5.91 Å². The predicted octanol–water partition coefficient (Wildman–Crippen LogP) is 1.87. The summed E-state index contributed by atoms with van der Waals surface area (Å²) in [5.74, 6) is 1.15. The van der Waals surface area contributed by atoms with Crippen LogP contribution in [-0.4, -0.2) is 71.0 Å². The van der Waals surface area contributed by atoms with Crippen molar-refractivity contribution >= 4 is 30.7 Å². The van der Waals surface area contributed by atoms with E-state index in [1.807, 2.05) is 11.8 Å². The maximum absolute atomic E-state index is 12.7.